The van der Waals surface area contributed by atoms with Gasteiger partial charge in [-0.15, -0.1) is 0 Å². The molecule has 1 fully saturated rings. The van der Waals surface area contributed by atoms with E-state index in [0.717, 1.165) is 18.9 Å². The highest BCUT2D eigenvalue weighted by Crippen LogP contribution is 2.25. The zero-order valence-electron chi connectivity index (χ0n) is 11.8. The third-order valence-corrected chi connectivity index (χ3v) is 4.12. The van der Waals surface area contributed by atoms with Crippen molar-refractivity contribution in [3.8, 4) is 6.07 Å². The summed E-state index contributed by atoms with van der Waals surface area (Å²) in [7, 11) is 0. The van der Waals surface area contributed by atoms with Crippen molar-refractivity contribution in [1.29, 1.82) is 5.26 Å². The molecular weight excluding hydrogens is 208 g/mol. The lowest BCUT2D eigenvalue weighted by atomic mass is 9.87. The minimum Gasteiger partial charge on any atom is -0.313 e. The maximum atomic E-state index is 8.66. The molecule has 0 aromatic heterocycles. The molecule has 2 unspecified atom stereocenters. The van der Waals surface area contributed by atoms with Gasteiger partial charge in [-0.1, -0.05) is 40.0 Å². The van der Waals surface area contributed by atoms with E-state index in [9.17, 15) is 0 Å². The molecule has 1 saturated carbocycles. The Bertz CT molecular complexity index is 252. The summed E-state index contributed by atoms with van der Waals surface area (Å²) in [5, 5.41) is 12.4. The molecule has 0 aromatic rings. The lowest BCUT2D eigenvalue weighted by Crippen LogP contribution is -2.40. The quantitative estimate of drug-likeness (QED) is 0.735. The van der Waals surface area contributed by atoms with Crippen molar-refractivity contribution >= 4 is 0 Å². The first-order chi connectivity index (χ1) is 8.05. The molecule has 1 aliphatic carbocycles. The Kier molecular flexibility index (Phi) is 5.98. The second kappa shape index (κ2) is 7.01. The first-order valence-electron chi connectivity index (χ1n) is 7.15. The predicted octanol–water partition coefficient (Wildman–Crippen LogP) is 3.87. The summed E-state index contributed by atoms with van der Waals surface area (Å²) in [4.78, 5) is 0. The van der Waals surface area contributed by atoms with E-state index in [-0.39, 0.29) is 5.41 Å². The van der Waals surface area contributed by atoms with Crippen LogP contribution in [0.1, 0.15) is 65.7 Å². The zero-order valence-corrected chi connectivity index (χ0v) is 11.8. The molecule has 2 nitrogen and oxygen atoms in total. The first kappa shape index (κ1) is 14.5. The van der Waals surface area contributed by atoms with Crippen LogP contribution in [0.15, 0.2) is 0 Å². The summed E-state index contributed by atoms with van der Waals surface area (Å²) >= 11 is 0. The van der Waals surface area contributed by atoms with Crippen LogP contribution in [0.5, 0.6) is 0 Å². The summed E-state index contributed by atoms with van der Waals surface area (Å²) in [6.07, 6.45) is 8.55. The minimum absolute atomic E-state index is 0.252. The van der Waals surface area contributed by atoms with E-state index in [2.05, 4.69) is 32.2 Å². The van der Waals surface area contributed by atoms with Crippen molar-refractivity contribution < 1.29 is 0 Å². The maximum absolute atomic E-state index is 8.66. The normalized spacial score (nSPS) is 26.2. The molecule has 0 amide bonds. The van der Waals surface area contributed by atoms with Crippen LogP contribution in [-0.4, -0.2) is 12.6 Å². The Morgan fingerprint density at radius 1 is 1.24 bits per heavy atom. The molecule has 17 heavy (non-hydrogen) atoms. The van der Waals surface area contributed by atoms with Gasteiger partial charge in [0.2, 0.25) is 0 Å². The fourth-order valence-electron chi connectivity index (χ4n) is 2.69. The van der Waals surface area contributed by atoms with Gasteiger partial charge in [0.05, 0.1) is 6.07 Å². The van der Waals surface area contributed by atoms with E-state index >= 15 is 0 Å². The molecular formula is C15H28N2. The van der Waals surface area contributed by atoms with Crippen LogP contribution in [0.25, 0.3) is 0 Å². The molecule has 0 aromatic carbocycles. The largest absolute Gasteiger partial charge is 0.313 e. The highest BCUT2D eigenvalue weighted by molar-refractivity contribution is 4.82. The maximum Gasteiger partial charge on any atom is 0.0621 e. The van der Waals surface area contributed by atoms with Crippen LogP contribution in [0.3, 0.4) is 0 Å². The van der Waals surface area contributed by atoms with Gasteiger partial charge in [-0.3, -0.25) is 0 Å². The van der Waals surface area contributed by atoms with Crippen LogP contribution in [0.4, 0.5) is 0 Å². The Morgan fingerprint density at radius 3 is 2.65 bits per heavy atom. The van der Waals surface area contributed by atoms with Gasteiger partial charge in [-0.05, 0) is 30.6 Å². The van der Waals surface area contributed by atoms with E-state index in [1.54, 1.807) is 0 Å². The number of rotatable bonds is 5. The van der Waals surface area contributed by atoms with Crippen LogP contribution in [-0.2, 0) is 0 Å². The number of hydrogen-bond donors (Lipinski definition) is 1. The lowest BCUT2D eigenvalue weighted by Gasteiger charge is -2.30. The molecule has 0 saturated heterocycles. The van der Waals surface area contributed by atoms with Gasteiger partial charge >= 0.3 is 0 Å². The molecule has 0 radical (unpaired) electrons. The van der Waals surface area contributed by atoms with Gasteiger partial charge < -0.3 is 5.32 Å². The second-order valence-corrected chi connectivity index (χ2v) is 6.43. The Labute approximate surface area is 107 Å². The van der Waals surface area contributed by atoms with Crippen molar-refractivity contribution in [1.82, 2.24) is 5.32 Å². The average molecular weight is 236 g/mol. The summed E-state index contributed by atoms with van der Waals surface area (Å²) < 4.78 is 0. The highest BCUT2D eigenvalue weighted by Gasteiger charge is 2.23. The van der Waals surface area contributed by atoms with Crippen LogP contribution < -0.4 is 5.32 Å². The first-order valence-corrected chi connectivity index (χ1v) is 7.15. The van der Waals surface area contributed by atoms with E-state index in [0.29, 0.717) is 12.5 Å². The SMILES string of the molecule is CC1CCCCCC1NCC(C)(C)CCC#N. The predicted molar refractivity (Wildman–Crippen MR) is 72.7 cm³/mol. The van der Waals surface area contributed by atoms with E-state index in [1.807, 2.05) is 0 Å². The Morgan fingerprint density at radius 2 is 1.94 bits per heavy atom. The topological polar surface area (TPSA) is 35.8 Å². The monoisotopic (exact) mass is 236 g/mol. The van der Waals surface area contributed by atoms with Crippen molar-refractivity contribution in [2.24, 2.45) is 11.3 Å². The Balaban J connectivity index is 2.35. The van der Waals surface area contributed by atoms with Crippen molar-refractivity contribution in [2.45, 2.75) is 71.8 Å². The van der Waals surface area contributed by atoms with Crippen molar-refractivity contribution in [2.75, 3.05) is 6.54 Å². The number of nitrogens with zero attached hydrogens (tertiary/aromatic N) is 1. The molecule has 0 heterocycles. The van der Waals surface area contributed by atoms with Gasteiger partial charge in [-0.25, -0.2) is 0 Å². The van der Waals surface area contributed by atoms with Crippen molar-refractivity contribution in [3.63, 3.8) is 0 Å². The zero-order chi connectivity index (χ0) is 12.7. The number of nitriles is 1. The third-order valence-electron chi connectivity index (χ3n) is 4.12. The molecule has 1 rings (SSSR count). The van der Waals surface area contributed by atoms with Crippen LogP contribution >= 0.6 is 0 Å². The molecule has 2 atom stereocenters. The standard InChI is InChI=1S/C15H28N2/c1-13-8-5-4-6-9-14(13)17-12-15(2,3)10-7-11-16/h13-14,17H,4-10,12H2,1-3H3. The minimum atomic E-state index is 0.252. The lowest BCUT2D eigenvalue weighted by molar-refractivity contribution is 0.266. The molecule has 0 bridgehead atoms. The summed E-state index contributed by atoms with van der Waals surface area (Å²) in [5.41, 5.74) is 0.252. The molecule has 1 N–H and O–H groups in total. The summed E-state index contributed by atoms with van der Waals surface area (Å²) in [6, 6.07) is 2.95. The van der Waals surface area contributed by atoms with Gasteiger partial charge in [0.25, 0.3) is 0 Å². The molecule has 98 valence electrons. The highest BCUT2D eigenvalue weighted by atomic mass is 14.9. The van der Waals surface area contributed by atoms with Crippen molar-refractivity contribution in [3.05, 3.63) is 0 Å². The number of nitrogens with one attached hydrogen (secondary N) is 1. The summed E-state index contributed by atoms with van der Waals surface area (Å²) in [6.45, 7) is 7.95. The van der Waals surface area contributed by atoms with Gasteiger partial charge in [0, 0.05) is 19.0 Å². The second-order valence-electron chi connectivity index (χ2n) is 6.43. The summed E-state index contributed by atoms with van der Waals surface area (Å²) in [5.74, 6) is 0.810. The van der Waals surface area contributed by atoms with Crippen LogP contribution in [0.2, 0.25) is 0 Å². The van der Waals surface area contributed by atoms with Gasteiger partial charge in [0.15, 0.2) is 0 Å². The van der Waals surface area contributed by atoms with E-state index in [1.165, 1.54) is 32.1 Å². The average Bonchev–Trinajstić information content (AvgIpc) is 2.49. The smallest absolute Gasteiger partial charge is 0.0621 e. The molecule has 1 aliphatic rings. The fourth-order valence-corrected chi connectivity index (χ4v) is 2.69. The molecule has 0 aliphatic heterocycles. The molecule has 2 heteroatoms. The van der Waals surface area contributed by atoms with E-state index in [4.69, 9.17) is 5.26 Å². The fraction of sp³-hybridized carbons (Fsp3) is 0.933. The van der Waals surface area contributed by atoms with Gasteiger partial charge in [-0.2, -0.15) is 5.26 Å². The van der Waals surface area contributed by atoms with Crippen LogP contribution in [0, 0.1) is 22.7 Å². The van der Waals surface area contributed by atoms with Gasteiger partial charge in [0.1, 0.15) is 0 Å². The third kappa shape index (κ3) is 5.55. The molecule has 0 spiro atoms. The Hall–Kier alpha value is -0.550. The van der Waals surface area contributed by atoms with E-state index < -0.39 is 0 Å². The number of hydrogen-bond acceptors (Lipinski definition) is 2.